The van der Waals surface area contributed by atoms with Crippen molar-refractivity contribution >= 4 is 28.9 Å². The van der Waals surface area contributed by atoms with Gasteiger partial charge in [-0.1, -0.05) is 50.5 Å². The zero-order valence-electron chi connectivity index (χ0n) is 19.5. The lowest BCUT2D eigenvalue weighted by Crippen LogP contribution is -2.14. The SMILES string of the molecule is CCCCCC(O)c1ccc([C@H]2CC[C@@H](Cl)[C@@H]2CCCc2ccc(C(=O)OCCO)s2)cc1. The van der Waals surface area contributed by atoms with E-state index in [4.69, 9.17) is 21.4 Å². The molecule has 4 nitrogen and oxygen atoms in total. The Morgan fingerprint density at radius 2 is 1.94 bits per heavy atom. The Labute approximate surface area is 206 Å². The van der Waals surface area contributed by atoms with E-state index in [1.165, 1.54) is 28.2 Å². The molecule has 0 spiro atoms. The Bertz CT molecular complexity index is 850. The molecule has 0 radical (unpaired) electrons. The highest BCUT2D eigenvalue weighted by atomic mass is 35.5. The van der Waals surface area contributed by atoms with Gasteiger partial charge in [0.05, 0.1) is 12.7 Å². The minimum atomic E-state index is -0.373. The predicted molar refractivity (Wildman–Crippen MR) is 135 cm³/mol. The summed E-state index contributed by atoms with van der Waals surface area (Å²) in [5, 5.41) is 19.4. The molecule has 182 valence electrons. The molecular formula is C27H37ClO4S. The Balaban J connectivity index is 1.52. The van der Waals surface area contributed by atoms with Crippen molar-refractivity contribution in [3.63, 3.8) is 0 Å². The number of unbranched alkanes of at least 4 members (excludes halogenated alkanes) is 2. The zero-order chi connectivity index (χ0) is 23.6. The largest absolute Gasteiger partial charge is 0.459 e. The lowest BCUT2D eigenvalue weighted by atomic mass is 9.85. The summed E-state index contributed by atoms with van der Waals surface area (Å²) in [5.41, 5.74) is 2.34. The summed E-state index contributed by atoms with van der Waals surface area (Å²) in [6, 6.07) is 12.4. The molecule has 4 atom stereocenters. The van der Waals surface area contributed by atoms with Crippen molar-refractivity contribution in [2.75, 3.05) is 13.2 Å². The number of aliphatic hydroxyl groups excluding tert-OH is 2. The predicted octanol–water partition coefficient (Wildman–Crippen LogP) is 6.63. The Hall–Kier alpha value is -1.40. The maximum atomic E-state index is 11.9. The first-order valence-electron chi connectivity index (χ1n) is 12.3. The van der Waals surface area contributed by atoms with Crippen LogP contribution in [0.25, 0.3) is 0 Å². The van der Waals surface area contributed by atoms with Crippen LogP contribution >= 0.6 is 22.9 Å². The number of rotatable bonds is 13. The van der Waals surface area contributed by atoms with E-state index in [0.29, 0.717) is 16.7 Å². The Morgan fingerprint density at radius 1 is 1.15 bits per heavy atom. The van der Waals surface area contributed by atoms with Crippen LogP contribution in [0.5, 0.6) is 0 Å². The molecule has 3 rings (SSSR count). The minimum absolute atomic E-state index is 0.0328. The number of halogens is 1. The van der Waals surface area contributed by atoms with Crippen molar-refractivity contribution in [3.05, 3.63) is 57.3 Å². The molecule has 1 heterocycles. The van der Waals surface area contributed by atoms with Gasteiger partial charge >= 0.3 is 5.97 Å². The molecule has 6 heteroatoms. The van der Waals surface area contributed by atoms with E-state index in [0.717, 1.165) is 56.9 Å². The number of alkyl halides is 1. The number of carbonyl (C=O) groups is 1. The van der Waals surface area contributed by atoms with Crippen LogP contribution in [0.4, 0.5) is 0 Å². The van der Waals surface area contributed by atoms with Gasteiger partial charge in [-0.15, -0.1) is 22.9 Å². The second-order valence-electron chi connectivity index (χ2n) is 9.06. The van der Waals surface area contributed by atoms with Gasteiger partial charge < -0.3 is 14.9 Å². The van der Waals surface area contributed by atoms with Crippen LogP contribution in [-0.4, -0.2) is 34.8 Å². The van der Waals surface area contributed by atoms with Crippen LogP contribution in [0.15, 0.2) is 36.4 Å². The second kappa shape index (κ2) is 13.5. The van der Waals surface area contributed by atoms with Gasteiger partial charge in [0.25, 0.3) is 0 Å². The number of aryl methyl sites for hydroxylation is 1. The monoisotopic (exact) mass is 492 g/mol. The van der Waals surface area contributed by atoms with Gasteiger partial charge in [-0.05, 0) is 73.6 Å². The molecule has 2 N–H and O–H groups in total. The summed E-state index contributed by atoms with van der Waals surface area (Å²) in [5.74, 6) is 0.544. The fourth-order valence-corrected chi connectivity index (χ4v) is 6.25. The summed E-state index contributed by atoms with van der Waals surface area (Å²) in [6.07, 6.45) is 9.01. The van der Waals surface area contributed by atoms with Crippen molar-refractivity contribution in [1.82, 2.24) is 0 Å². The van der Waals surface area contributed by atoms with E-state index in [9.17, 15) is 9.90 Å². The van der Waals surface area contributed by atoms with Crippen molar-refractivity contribution in [1.29, 1.82) is 0 Å². The van der Waals surface area contributed by atoms with Crippen molar-refractivity contribution in [2.24, 2.45) is 5.92 Å². The molecule has 1 aromatic carbocycles. The quantitative estimate of drug-likeness (QED) is 0.187. The average molecular weight is 493 g/mol. The molecule has 0 bridgehead atoms. The van der Waals surface area contributed by atoms with Crippen molar-refractivity contribution in [2.45, 2.75) is 82.1 Å². The fourth-order valence-electron chi connectivity index (χ4n) is 4.88. The number of benzene rings is 1. The minimum Gasteiger partial charge on any atom is -0.459 e. The van der Waals surface area contributed by atoms with Crippen LogP contribution < -0.4 is 0 Å². The van der Waals surface area contributed by atoms with E-state index in [1.807, 2.05) is 6.07 Å². The van der Waals surface area contributed by atoms with Crippen LogP contribution in [0, 0.1) is 5.92 Å². The molecule has 1 aliphatic rings. The lowest BCUT2D eigenvalue weighted by molar-refractivity contribution is 0.0439. The van der Waals surface area contributed by atoms with Gasteiger partial charge in [0, 0.05) is 10.3 Å². The maximum absolute atomic E-state index is 11.9. The highest BCUT2D eigenvalue weighted by Gasteiger charge is 2.35. The summed E-state index contributed by atoms with van der Waals surface area (Å²) >= 11 is 8.20. The van der Waals surface area contributed by atoms with Gasteiger partial charge in [0.1, 0.15) is 11.5 Å². The van der Waals surface area contributed by atoms with Crippen LogP contribution in [0.1, 0.15) is 96.0 Å². The van der Waals surface area contributed by atoms with E-state index in [2.05, 4.69) is 31.2 Å². The third-order valence-corrected chi connectivity index (χ3v) is 8.38. The second-order valence-corrected chi connectivity index (χ2v) is 10.8. The Morgan fingerprint density at radius 3 is 2.67 bits per heavy atom. The van der Waals surface area contributed by atoms with Crippen molar-refractivity contribution < 1.29 is 19.7 Å². The maximum Gasteiger partial charge on any atom is 0.348 e. The summed E-state index contributed by atoms with van der Waals surface area (Å²) in [4.78, 5) is 13.7. The van der Waals surface area contributed by atoms with E-state index in [1.54, 1.807) is 6.07 Å². The van der Waals surface area contributed by atoms with E-state index in [-0.39, 0.29) is 30.7 Å². The fraction of sp³-hybridized carbons (Fsp3) is 0.593. The number of hydrogen-bond donors (Lipinski definition) is 2. The molecule has 33 heavy (non-hydrogen) atoms. The lowest BCUT2D eigenvalue weighted by Gasteiger charge is -2.23. The number of carbonyl (C=O) groups excluding carboxylic acids is 1. The van der Waals surface area contributed by atoms with Gasteiger partial charge in [0.2, 0.25) is 0 Å². The van der Waals surface area contributed by atoms with Gasteiger partial charge in [-0.2, -0.15) is 0 Å². The summed E-state index contributed by atoms with van der Waals surface area (Å²) < 4.78 is 4.99. The van der Waals surface area contributed by atoms with Gasteiger partial charge in [-0.3, -0.25) is 0 Å². The molecule has 0 aliphatic heterocycles. The average Bonchev–Trinajstić information content (AvgIpc) is 3.45. The van der Waals surface area contributed by atoms with E-state index >= 15 is 0 Å². The topological polar surface area (TPSA) is 66.8 Å². The number of thiophene rings is 1. The number of hydrogen-bond acceptors (Lipinski definition) is 5. The first-order chi connectivity index (χ1) is 16.0. The molecule has 0 amide bonds. The van der Waals surface area contributed by atoms with Gasteiger partial charge in [0.15, 0.2) is 0 Å². The van der Waals surface area contributed by atoms with Gasteiger partial charge in [-0.25, -0.2) is 4.79 Å². The molecule has 1 saturated carbocycles. The highest BCUT2D eigenvalue weighted by molar-refractivity contribution is 7.13. The molecule has 1 fully saturated rings. The smallest absolute Gasteiger partial charge is 0.348 e. The standard InChI is InChI=1S/C27H37ClO4S/c1-2-3-4-8-25(30)20-11-9-19(10-12-20)22-14-15-24(28)23(22)7-5-6-21-13-16-26(33-21)27(31)32-18-17-29/h9-13,16,22-25,29-30H,2-8,14-15,17-18H2,1H3/t22-,23-,24-,25?/m1/s1. The molecule has 1 unspecified atom stereocenters. The molecule has 1 aliphatic carbocycles. The third kappa shape index (κ3) is 7.54. The normalized spacial score (nSPS) is 21.3. The first kappa shape index (κ1) is 26.2. The van der Waals surface area contributed by atoms with Crippen LogP contribution in [0.2, 0.25) is 0 Å². The van der Waals surface area contributed by atoms with E-state index < -0.39 is 0 Å². The third-order valence-electron chi connectivity index (χ3n) is 6.71. The number of ether oxygens (including phenoxy) is 1. The van der Waals surface area contributed by atoms with Crippen LogP contribution in [-0.2, 0) is 11.2 Å². The molecule has 1 aromatic heterocycles. The first-order valence-corrected chi connectivity index (χ1v) is 13.6. The Kier molecular flexibility index (Phi) is 10.7. The molecule has 2 aromatic rings. The van der Waals surface area contributed by atoms with Crippen molar-refractivity contribution in [3.8, 4) is 0 Å². The summed E-state index contributed by atoms with van der Waals surface area (Å²) in [6.45, 7) is 2.05. The highest BCUT2D eigenvalue weighted by Crippen LogP contribution is 2.45. The molecular weight excluding hydrogens is 456 g/mol. The summed E-state index contributed by atoms with van der Waals surface area (Å²) in [7, 11) is 0. The molecule has 0 saturated heterocycles. The number of esters is 1. The zero-order valence-corrected chi connectivity index (χ0v) is 21.1. The van der Waals surface area contributed by atoms with Crippen LogP contribution in [0.3, 0.4) is 0 Å². The number of aliphatic hydroxyl groups is 2.